The van der Waals surface area contributed by atoms with E-state index in [4.69, 9.17) is 0 Å². The normalized spacial score (nSPS) is 13.0. The van der Waals surface area contributed by atoms with Crippen LogP contribution in [-0.4, -0.2) is 60.4 Å². The number of anilines is 1. The van der Waals surface area contributed by atoms with Gasteiger partial charge in [0.05, 0.1) is 18.7 Å². The fourth-order valence-corrected chi connectivity index (χ4v) is 5.39. The molecule has 0 unspecified atom stereocenters. The van der Waals surface area contributed by atoms with Crippen molar-refractivity contribution in [3.63, 3.8) is 0 Å². The van der Waals surface area contributed by atoms with Crippen LogP contribution in [0.4, 0.5) is 18.9 Å². The number of halogens is 3. The summed E-state index contributed by atoms with van der Waals surface area (Å²) in [4.78, 5) is 32.8. The molecule has 1 aliphatic rings. The first kappa shape index (κ1) is 29.1. The predicted molar refractivity (Wildman–Crippen MR) is 158 cm³/mol. The topological polar surface area (TPSA) is 48.8 Å². The summed E-state index contributed by atoms with van der Waals surface area (Å²) >= 11 is 0. The van der Waals surface area contributed by atoms with E-state index >= 15 is 0 Å². The minimum absolute atomic E-state index is 0.0761. The van der Waals surface area contributed by atoms with Crippen LogP contribution in [0.3, 0.4) is 0 Å². The highest BCUT2D eigenvalue weighted by atomic mass is 19.4. The fourth-order valence-electron chi connectivity index (χ4n) is 5.39. The second-order valence-corrected chi connectivity index (χ2v) is 10.9. The molecule has 0 aliphatic carbocycles. The first-order chi connectivity index (χ1) is 20.0. The Morgan fingerprint density at radius 3 is 2.26 bits per heavy atom. The van der Waals surface area contributed by atoms with E-state index in [-0.39, 0.29) is 23.9 Å². The molecule has 0 saturated heterocycles. The predicted octanol–water partition coefficient (Wildman–Crippen LogP) is 6.32. The first-order valence-corrected chi connectivity index (χ1v) is 13.7. The van der Waals surface area contributed by atoms with E-state index in [1.54, 1.807) is 54.1 Å². The molecule has 5 rings (SSSR count). The highest BCUT2D eigenvalue weighted by Crippen LogP contribution is 2.38. The molecular formula is C33H33F3N4O2. The summed E-state index contributed by atoms with van der Waals surface area (Å²) in [6.45, 7) is 3.70. The lowest BCUT2D eigenvalue weighted by Crippen LogP contribution is -2.34. The molecule has 2 amide bonds. The number of alkyl halides is 3. The van der Waals surface area contributed by atoms with E-state index in [1.165, 1.54) is 12.1 Å². The lowest BCUT2D eigenvalue weighted by atomic mass is 9.94. The molecule has 0 radical (unpaired) electrons. The first-order valence-electron chi connectivity index (χ1n) is 13.7. The van der Waals surface area contributed by atoms with E-state index in [9.17, 15) is 22.8 Å². The largest absolute Gasteiger partial charge is 0.417 e. The third-order valence-electron chi connectivity index (χ3n) is 7.69. The molecule has 1 aliphatic heterocycles. The van der Waals surface area contributed by atoms with Gasteiger partial charge in [0.25, 0.3) is 11.8 Å². The number of aryl methyl sites for hydroxylation is 1. The van der Waals surface area contributed by atoms with Gasteiger partial charge in [-0.2, -0.15) is 13.2 Å². The lowest BCUT2D eigenvalue weighted by Gasteiger charge is -2.23. The smallest absolute Gasteiger partial charge is 0.339 e. The van der Waals surface area contributed by atoms with E-state index < -0.39 is 11.7 Å². The van der Waals surface area contributed by atoms with Crippen molar-refractivity contribution in [1.29, 1.82) is 0 Å². The van der Waals surface area contributed by atoms with Crippen LogP contribution in [-0.2, 0) is 19.3 Å². The Hall–Kier alpha value is -4.37. The van der Waals surface area contributed by atoms with E-state index in [1.807, 2.05) is 53.9 Å². The number of amides is 2. The Bertz CT molecular complexity index is 1640. The number of nitrogens with zero attached hydrogens (tertiary/aromatic N) is 4. The van der Waals surface area contributed by atoms with Gasteiger partial charge in [-0.25, -0.2) is 0 Å². The number of aromatic nitrogens is 1. The molecule has 0 spiro atoms. The number of likely N-dealkylation sites (N-methyl/N-ethyl adjacent to an activating group) is 2. The molecule has 0 bridgehead atoms. The molecule has 6 nitrogen and oxygen atoms in total. The minimum Gasteiger partial charge on any atom is -0.339 e. The van der Waals surface area contributed by atoms with Gasteiger partial charge in [-0.3, -0.25) is 9.59 Å². The quantitative estimate of drug-likeness (QED) is 0.271. The maximum Gasteiger partial charge on any atom is 0.417 e. The Morgan fingerprint density at radius 1 is 0.833 bits per heavy atom. The molecule has 0 atom stereocenters. The summed E-state index contributed by atoms with van der Waals surface area (Å²) in [6.07, 6.45) is -4.50. The summed E-state index contributed by atoms with van der Waals surface area (Å²) in [5.41, 5.74) is 3.71. The third-order valence-corrected chi connectivity index (χ3v) is 7.69. The molecule has 0 fully saturated rings. The Balaban J connectivity index is 1.48. The van der Waals surface area contributed by atoms with Gasteiger partial charge in [0.2, 0.25) is 0 Å². The van der Waals surface area contributed by atoms with Gasteiger partial charge in [0, 0.05) is 37.1 Å². The summed E-state index contributed by atoms with van der Waals surface area (Å²) < 4.78 is 43.0. The van der Waals surface area contributed by atoms with Gasteiger partial charge in [-0.15, -0.1) is 0 Å². The maximum atomic E-state index is 14.0. The van der Waals surface area contributed by atoms with E-state index in [0.29, 0.717) is 35.5 Å². The standard InChI is InChI=1S/C33H33F3N4O2/c1-22-19-23(13-15-26(22)27-10-6-7-11-28(27)33(34,35)36)31(41)40-21-25-14-16-30(32(42)38(4)18-17-37(2)3)39(25)20-24-9-5-8-12-29(24)40/h5-16,19H,17-18,20-21H2,1-4H3. The number of rotatable bonds is 6. The maximum absolute atomic E-state index is 14.0. The number of carbonyl (C=O) groups excluding carboxylic acids is 2. The Morgan fingerprint density at radius 2 is 1.55 bits per heavy atom. The summed E-state index contributed by atoms with van der Waals surface area (Å²) in [7, 11) is 5.70. The molecular weight excluding hydrogens is 541 g/mol. The van der Waals surface area contributed by atoms with Crippen LogP contribution in [0.15, 0.2) is 78.9 Å². The van der Waals surface area contributed by atoms with Crippen LogP contribution in [0, 0.1) is 6.92 Å². The van der Waals surface area contributed by atoms with Crippen LogP contribution < -0.4 is 4.90 Å². The number of hydrogen-bond acceptors (Lipinski definition) is 3. The number of para-hydroxylation sites is 1. The van der Waals surface area contributed by atoms with Crippen molar-refractivity contribution < 1.29 is 22.8 Å². The van der Waals surface area contributed by atoms with Crippen LogP contribution in [0.5, 0.6) is 0 Å². The van der Waals surface area contributed by atoms with E-state index in [0.717, 1.165) is 29.6 Å². The SMILES string of the molecule is Cc1cc(C(=O)N2Cc3ccc(C(=O)N(C)CCN(C)C)n3Cc3ccccc32)ccc1-c1ccccc1C(F)(F)F. The van der Waals surface area contributed by atoms with Gasteiger partial charge < -0.3 is 19.3 Å². The van der Waals surface area contributed by atoms with Crippen molar-refractivity contribution >= 4 is 17.5 Å². The van der Waals surface area contributed by atoms with Crippen molar-refractivity contribution in [3.05, 3.63) is 113 Å². The molecule has 0 saturated carbocycles. The lowest BCUT2D eigenvalue weighted by molar-refractivity contribution is -0.137. The Kier molecular flexibility index (Phi) is 7.97. The number of benzene rings is 3. The monoisotopic (exact) mass is 574 g/mol. The van der Waals surface area contributed by atoms with Crippen molar-refractivity contribution in [2.24, 2.45) is 0 Å². The van der Waals surface area contributed by atoms with Crippen molar-refractivity contribution in [2.45, 2.75) is 26.2 Å². The summed E-state index contributed by atoms with van der Waals surface area (Å²) in [6, 6.07) is 21.5. The number of fused-ring (bicyclic) bond motifs is 2. The van der Waals surface area contributed by atoms with Gasteiger partial charge in [-0.05, 0) is 79.7 Å². The summed E-state index contributed by atoms with van der Waals surface area (Å²) in [5.74, 6) is -0.363. The van der Waals surface area contributed by atoms with Gasteiger partial charge in [0.15, 0.2) is 0 Å². The number of hydrogen-bond donors (Lipinski definition) is 0. The van der Waals surface area contributed by atoms with Crippen molar-refractivity contribution in [3.8, 4) is 11.1 Å². The minimum atomic E-state index is -4.50. The van der Waals surface area contributed by atoms with Crippen LogP contribution in [0.25, 0.3) is 11.1 Å². The third kappa shape index (κ3) is 5.69. The highest BCUT2D eigenvalue weighted by Gasteiger charge is 2.34. The number of carbonyl (C=O) groups is 2. The molecule has 1 aromatic heterocycles. The second-order valence-electron chi connectivity index (χ2n) is 10.9. The zero-order valence-corrected chi connectivity index (χ0v) is 24.1. The molecule has 9 heteroatoms. The molecule has 218 valence electrons. The van der Waals surface area contributed by atoms with E-state index in [2.05, 4.69) is 0 Å². The van der Waals surface area contributed by atoms with Crippen LogP contribution >= 0.6 is 0 Å². The Labute approximate surface area is 243 Å². The highest BCUT2D eigenvalue weighted by molar-refractivity contribution is 6.07. The van der Waals surface area contributed by atoms with Crippen LogP contribution in [0.1, 0.15) is 43.2 Å². The average Bonchev–Trinajstić information content (AvgIpc) is 3.27. The molecule has 2 heterocycles. The van der Waals surface area contributed by atoms with Crippen LogP contribution in [0.2, 0.25) is 0 Å². The van der Waals surface area contributed by atoms with Gasteiger partial charge in [0.1, 0.15) is 5.69 Å². The zero-order chi connectivity index (χ0) is 30.2. The van der Waals surface area contributed by atoms with Crippen molar-refractivity contribution in [1.82, 2.24) is 14.4 Å². The molecule has 42 heavy (non-hydrogen) atoms. The second kappa shape index (κ2) is 11.5. The van der Waals surface area contributed by atoms with Gasteiger partial charge in [-0.1, -0.05) is 42.5 Å². The zero-order valence-electron chi connectivity index (χ0n) is 24.1. The fraction of sp³-hybridized carbons (Fsp3) is 0.273. The van der Waals surface area contributed by atoms with Gasteiger partial charge >= 0.3 is 6.18 Å². The van der Waals surface area contributed by atoms with Crippen molar-refractivity contribution in [2.75, 3.05) is 39.1 Å². The molecule has 0 N–H and O–H groups in total. The average molecular weight is 575 g/mol. The summed E-state index contributed by atoms with van der Waals surface area (Å²) in [5, 5.41) is 0. The molecule has 3 aromatic carbocycles. The molecule has 4 aromatic rings.